The fourth-order valence-corrected chi connectivity index (χ4v) is 2.36. The van der Waals surface area contributed by atoms with Crippen LogP contribution in [0.2, 0.25) is 0 Å². The molecular formula is C13H23N3O. The van der Waals surface area contributed by atoms with E-state index in [1.165, 1.54) is 32.1 Å². The van der Waals surface area contributed by atoms with Crippen LogP contribution < -0.4 is 5.32 Å². The lowest BCUT2D eigenvalue weighted by Gasteiger charge is -2.21. The van der Waals surface area contributed by atoms with E-state index in [1.807, 2.05) is 13.4 Å². The third-order valence-corrected chi connectivity index (χ3v) is 3.30. The summed E-state index contributed by atoms with van der Waals surface area (Å²) in [4.78, 5) is 4.32. The van der Waals surface area contributed by atoms with Gasteiger partial charge in [0.2, 0.25) is 0 Å². The second-order valence-corrected chi connectivity index (χ2v) is 4.76. The van der Waals surface area contributed by atoms with Gasteiger partial charge in [0.25, 0.3) is 0 Å². The van der Waals surface area contributed by atoms with Crippen LogP contribution in [0.4, 0.5) is 0 Å². The molecule has 4 heteroatoms. The van der Waals surface area contributed by atoms with Gasteiger partial charge in [-0.15, -0.1) is 0 Å². The maximum atomic E-state index is 5.89. The summed E-state index contributed by atoms with van der Waals surface area (Å²) >= 11 is 0. The van der Waals surface area contributed by atoms with Crippen LogP contribution in [-0.4, -0.2) is 29.3 Å². The van der Waals surface area contributed by atoms with Crippen LogP contribution in [0.25, 0.3) is 0 Å². The molecule has 2 rings (SSSR count). The number of rotatable bonds is 6. The topological polar surface area (TPSA) is 39.1 Å². The van der Waals surface area contributed by atoms with Crippen molar-refractivity contribution in [1.29, 1.82) is 0 Å². The molecule has 0 amide bonds. The monoisotopic (exact) mass is 237 g/mol. The highest BCUT2D eigenvalue weighted by molar-refractivity contribution is 4.95. The Balaban J connectivity index is 1.66. The van der Waals surface area contributed by atoms with Crippen LogP contribution in [0.3, 0.4) is 0 Å². The Kier molecular flexibility index (Phi) is 5.01. The first-order valence-electron chi connectivity index (χ1n) is 6.65. The van der Waals surface area contributed by atoms with Crippen molar-refractivity contribution in [2.45, 2.75) is 51.3 Å². The van der Waals surface area contributed by atoms with Crippen LogP contribution in [0.15, 0.2) is 12.5 Å². The standard InChI is InChI=1S/C13H23N3O/c1-14-9-12-10-16(11-15-12)7-8-17-13-5-3-2-4-6-13/h10-11,13-14H,2-9H2,1H3. The molecular weight excluding hydrogens is 214 g/mol. The fourth-order valence-electron chi connectivity index (χ4n) is 2.36. The van der Waals surface area contributed by atoms with E-state index < -0.39 is 0 Å². The molecule has 1 fully saturated rings. The predicted molar refractivity (Wildman–Crippen MR) is 67.8 cm³/mol. The van der Waals surface area contributed by atoms with Crippen molar-refractivity contribution >= 4 is 0 Å². The minimum Gasteiger partial charge on any atom is -0.376 e. The zero-order valence-corrected chi connectivity index (χ0v) is 10.7. The molecule has 0 aliphatic heterocycles. The average molecular weight is 237 g/mol. The molecule has 1 N–H and O–H groups in total. The molecule has 0 aromatic carbocycles. The van der Waals surface area contributed by atoms with E-state index in [4.69, 9.17) is 4.74 Å². The van der Waals surface area contributed by atoms with Crippen molar-refractivity contribution < 1.29 is 4.74 Å². The number of hydrogen-bond donors (Lipinski definition) is 1. The number of nitrogens with zero attached hydrogens (tertiary/aromatic N) is 2. The van der Waals surface area contributed by atoms with Crippen molar-refractivity contribution in [1.82, 2.24) is 14.9 Å². The van der Waals surface area contributed by atoms with Crippen LogP contribution in [-0.2, 0) is 17.8 Å². The van der Waals surface area contributed by atoms with Gasteiger partial charge in [0, 0.05) is 19.3 Å². The molecule has 1 aliphatic rings. The Morgan fingerprint density at radius 2 is 2.24 bits per heavy atom. The van der Waals surface area contributed by atoms with Crippen LogP contribution in [0.1, 0.15) is 37.8 Å². The van der Waals surface area contributed by atoms with Crippen molar-refractivity contribution in [2.24, 2.45) is 0 Å². The van der Waals surface area contributed by atoms with Gasteiger partial charge in [-0.3, -0.25) is 0 Å². The highest BCUT2D eigenvalue weighted by Crippen LogP contribution is 2.20. The molecule has 17 heavy (non-hydrogen) atoms. The van der Waals surface area contributed by atoms with E-state index in [0.29, 0.717) is 6.10 Å². The first-order valence-corrected chi connectivity index (χ1v) is 6.65. The highest BCUT2D eigenvalue weighted by Gasteiger charge is 2.13. The number of nitrogens with one attached hydrogen (secondary N) is 1. The molecule has 0 atom stereocenters. The Morgan fingerprint density at radius 3 is 3.00 bits per heavy atom. The number of imidazole rings is 1. The molecule has 1 aromatic rings. The van der Waals surface area contributed by atoms with Gasteiger partial charge in [0.15, 0.2) is 0 Å². The largest absolute Gasteiger partial charge is 0.376 e. The van der Waals surface area contributed by atoms with Gasteiger partial charge in [-0.1, -0.05) is 19.3 Å². The summed E-state index contributed by atoms with van der Waals surface area (Å²) in [6.07, 6.45) is 11.0. The van der Waals surface area contributed by atoms with Gasteiger partial charge in [-0.2, -0.15) is 0 Å². The Hall–Kier alpha value is -0.870. The third kappa shape index (κ3) is 4.13. The molecule has 0 unspecified atom stereocenters. The maximum absolute atomic E-state index is 5.89. The van der Waals surface area contributed by atoms with E-state index in [1.54, 1.807) is 0 Å². The SMILES string of the molecule is CNCc1cn(CCOC2CCCCC2)cn1. The summed E-state index contributed by atoms with van der Waals surface area (Å²) in [6.45, 7) is 2.55. The fraction of sp³-hybridized carbons (Fsp3) is 0.769. The summed E-state index contributed by atoms with van der Waals surface area (Å²) in [5, 5.41) is 3.10. The molecule has 0 bridgehead atoms. The molecule has 1 aliphatic carbocycles. The lowest BCUT2D eigenvalue weighted by molar-refractivity contribution is 0.0241. The average Bonchev–Trinajstić information content (AvgIpc) is 2.79. The second-order valence-electron chi connectivity index (χ2n) is 4.76. The van der Waals surface area contributed by atoms with Gasteiger partial charge >= 0.3 is 0 Å². The maximum Gasteiger partial charge on any atom is 0.0950 e. The highest BCUT2D eigenvalue weighted by atomic mass is 16.5. The van der Waals surface area contributed by atoms with E-state index >= 15 is 0 Å². The Morgan fingerprint density at radius 1 is 1.41 bits per heavy atom. The van der Waals surface area contributed by atoms with Gasteiger partial charge < -0.3 is 14.6 Å². The smallest absolute Gasteiger partial charge is 0.0950 e. The number of aromatic nitrogens is 2. The molecule has 1 heterocycles. The van der Waals surface area contributed by atoms with E-state index in [2.05, 4.69) is 21.1 Å². The van der Waals surface area contributed by atoms with E-state index in [-0.39, 0.29) is 0 Å². The molecule has 0 spiro atoms. The zero-order valence-electron chi connectivity index (χ0n) is 10.7. The number of ether oxygens (including phenoxy) is 1. The van der Waals surface area contributed by atoms with Crippen molar-refractivity contribution in [3.05, 3.63) is 18.2 Å². The van der Waals surface area contributed by atoms with Crippen LogP contribution >= 0.6 is 0 Å². The minimum absolute atomic E-state index is 0.504. The molecule has 0 radical (unpaired) electrons. The molecule has 1 aromatic heterocycles. The Bertz CT molecular complexity index is 318. The third-order valence-electron chi connectivity index (χ3n) is 3.30. The summed E-state index contributed by atoms with van der Waals surface area (Å²) in [7, 11) is 1.94. The lowest BCUT2D eigenvalue weighted by atomic mass is 9.98. The quantitative estimate of drug-likeness (QED) is 0.822. The van der Waals surface area contributed by atoms with Crippen molar-refractivity contribution in [3.63, 3.8) is 0 Å². The van der Waals surface area contributed by atoms with Gasteiger partial charge in [0.05, 0.1) is 24.7 Å². The van der Waals surface area contributed by atoms with Crippen molar-refractivity contribution in [2.75, 3.05) is 13.7 Å². The molecule has 0 saturated heterocycles. The minimum atomic E-state index is 0.504. The molecule has 96 valence electrons. The summed E-state index contributed by atoms with van der Waals surface area (Å²) in [5.74, 6) is 0. The summed E-state index contributed by atoms with van der Waals surface area (Å²) in [6, 6.07) is 0. The summed E-state index contributed by atoms with van der Waals surface area (Å²) in [5.41, 5.74) is 1.09. The summed E-state index contributed by atoms with van der Waals surface area (Å²) < 4.78 is 8.00. The normalized spacial score (nSPS) is 17.5. The van der Waals surface area contributed by atoms with Crippen LogP contribution in [0, 0.1) is 0 Å². The van der Waals surface area contributed by atoms with E-state index in [0.717, 1.165) is 25.4 Å². The molecule has 1 saturated carbocycles. The lowest BCUT2D eigenvalue weighted by Crippen LogP contribution is -2.19. The second kappa shape index (κ2) is 6.77. The zero-order chi connectivity index (χ0) is 11.9. The molecule has 4 nitrogen and oxygen atoms in total. The van der Waals surface area contributed by atoms with Gasteiger partial charge in [-0.05, 0) is 19.9 Å². The first kappa shape index (κ1) is 12.6. The van der Waals surface area contributed by atoms with Crippen molar-refractivity contribution in [3.8, 4) is 0 Å². The van der Waals surface area contributed by atoms with Gasteiger partial charge in [0.1, 0.15) is 0 Å². The van der Waals surface area contributed by atoms with Crippen LogP contribution in [0.5, 0.6) is 0 Å². The predicted octanol–water partition coefficient (Wildman–Crippen LogP) is 1.95. The van der Waals surface area contributed by atoms with E-state index in [9.17, 15) is 0 Å². The Labute approximate surface area is 103 Å². The first-order chi connectivity index (χ1) is 8.38. The van der Waals surface area contributed by atoms with Gasteiger partial charge in [-0.25, -0.2) is 4.98 Å². The number of hydrogen-bond acceptors (Lipinski definition) is 3.